The van der Waals surface area contributed by atoms with Gasteiger partial charge in [0, 0.05) is 40.1 Å². The molecule has 0 heterocycles. The Bertz CT molecular complexity index is 981. The van der Waals surface area contributed by atoms with Crippen LogP contribution < -0.4 is 5.32 Å². The van der Waals surface area contributed by atoms with E-state index in [1.165, 1.54) is 6.42 Å². The molecule has 1 aliphatic carbocycles. The van der Waals surface area contributed by atoms with Gasteiger partial charge in [0.05, 0.1) is 5.02 Å². The van der Waals surface area contributed by atoms with Gasteiger partial charge in [-0.15, -0.1) is 11.8 Å². The molecular formula is C25H30ClF3N2OS. The Hall–Kier alpha value is -1.70. The second-order valence-corrected chi connectivity index (χ2v) is 11.0. The summed E-state index contributed by atoms with van der Waals surface area (Å²) in [5.74, 6) is -3.15. The summed E-state index contributed by atoms with van der Waals surface area (Å²) in [6.45, 7) is 5.59. The Kier molecular flexibility index (Phi) is 8.76. The van der Waals surface area contributed by atoms with Crippen molar-refractivity contribution in [2.45, 2.75) is 43.3 Å². The SMILES string of the molecule is CC(CC1CCC(C)C1Sc1cc(C(=O)Nc2cc(F)c(F)c(F)c2)ccc1Cl)CN(C)C. The van der Waals surface area contributed by atoms with Crippen molar-refractivity contribution in [3.63, 3.8) is 0 Å². The van der Waals surface area contributed by atoms with Gasteiger partial charge in [-0.3, -0.25) is 4.79 Å². The molecule has 2 aromatic rings. The molecule has 4 unspecified atom stereocenters. The summed E-state index contributed by atoms with van der Waals surface area (Å²) in [5, 5.41) is 3.39. The molecule has 0 saturated heterocycles. The van der Waals surface area contributed by atoms with E-state index < -0.39 is 23.4 Å². The number of hydrogen-bond donors (Lipinski definition) is 1. The molecule has 1 saturated carbocycles. The number of nitrogens with zero attached hydrogens (tertiary/aromatic N) is 1. The molecule has 2 aromatic carbocycles. The van der Waals surface area contributed by atoms with Gasteiger partial charge in [0.15, 0.2) is 17.5 Å². The van der Waals surface area contributed by atoms with Crippen molar-refractivity contribution in [2.24, 2.45) is 17.8 Å². The Morgan fingerprint density at radius 1 is 1.18 bits per heavy atom. The summed E-state index contributed by atoms with van der Waals surface area (Å²) in [4.78, 5) is 15.7. The molecule has 33 heavy (non-hydrogen) atoms. The van der Waals surface area contributed by atoms with E-state index in [1.807, 2.05) is 0 Å². The predicted molar refractivity (Wildman–Crippen MR) is 130 cm³/mol. The first-order valence-corrected chi connectivity index (χ1v) is 12.4. The van der Waals surface area contributed by atoms with Crippen LogP contribution in [0.25, 0.3) is 0 Å². The molecule has 8 heteroatoms. The molecule has 0 radical (unpaired) electrons. The maximum Gasteiger partial charge on any atom is 0.255 e. The fourth-order valence-corrected chi connectivity index (χ4v) is 6.39. The molecule has 1 amide bonds. The summed E-state index contributed by atoms with van der Waals surface area (Å²) >= 11 is 8.17. The highest BCUT2D eigenvalue weighted by Crippen LogP contribution is 2.46. The van der Waals surface area contributed by atoms with Gasteiger partial charge in [-0.1, -0.05) is 25.4 Å². The third kappa shape index (κ3) is 6.67. The molecule has 1 N–H and O–H groups in total. The van der Waals surface area contributed by atoms with E-state index in [1.54, 1.807) is 30.0 Å². The van der Waals surface area contributed by atoms with Crippen molar-refractivity contribution >= 4 is 35.0 Å². The van der Waals surface area contributed by atoms with Crippen molar-refractivity contribution in [1.29, 1.82) is 0 Å². The Morgan fingerprint density at radius 2 is 1.85 bits per heavy atom. The van der Waals surface area contributed by atoms with Gasteiger partial charge in [-0.25, -0.2) is 13.2 Å². The zero-order valence-electron chi connectivity index (χ0n) is 19.3. The molecular weight excluding hydrogens is 469 g/mol. The normalized spacial score (nSPS) is 21.4. The van der Waals surface area contributed by atoms with E-state index in [2.05, 4.69) is 38.2 Å². The summed E-state index contributed by atoms with van der Waals surface area (Å²) in [7, 11) is 4.18. The fraction of sp³-hybridized carbons (Fsp3) is 0.480. The van der Waals surface area contributed by atoms with E-state index in [0.717, 1.165) is 36.4 Å². The summed E-state index contributed by atoms with van der Waals surface area (Å²) in [6, 6.07) is 6.44. The number of carbonyl (C=O) groups excluding carboxylic acids is 1. The summed E-state index contributed by atoms with van der Waals surface area (Å²) in [6.07, 6.45) is 3.48. The van der Waals surface area contributed by atoms with Crippen LogP contribution in [0.1, 0.15) is 43.5 Å². The Labute approximate surface area is 203 Å². The minimum absolute atomic E-state index is 0.153. The van der Waals surface area contributed by atoms with E-state index in [4.69, 9.17) is 11.6 Å². The van der Waals surface area contributed by atoms with Crippen LogP contribution in [-0.2, 0) is 0 Å². The van der Waals surface area contributed by atoms with Gasteiger partial charge >= 0.3 is 0 Å². The highest BCUT2D eigenvalue weighted by atomic mass is 35.5. The maximum atomic E-state index is 13.5. The molecule has 0 aliphatic heterocycles. The minimum Gasteiger partial charge on any atom is -0.322 e. The molecule has 0 bridgehead atoms. The van der Waals surface area contributed by atoms with Crippen LogP contribution in [0.15, 0.2) is 35.2 Å². The zero-order chi connectivity index (χ0) is 24.3. The lowest BCUT2D eigenvalue weighted by molar-refractivity contribution is 0.102. The second-order valence-electron chi connectivity index (χ2n) is 9.35. The third-order valence-electron chi connectivity index (χ3n) is 6.10. The van der Waals surface area contributed by atoms with Gasteiger partial charge in [-0.05, 0) is 69.3 Å². The van der Waals surface area contributed by atoms with Crippen LogP contribution in [0.3, 0.4) is 0 Å². The highest BCUT2D eigenvalue weighted by molar-refractivity contribution is 8.00. The van der Waals surface area contributed by atoms with E-state index in [0.29, 0.717) is 33.6 Å². The van der Waals surface area contributed by atoms with Crippen molar-refractivity contribution in [3.05, 3.63) is 58.4 Å². The number of nitrogens with one attached hydrogen (secondary N) is 1. The van der Waals surface area contributed by atoms with Gasteiger partial charge in [-0.2, -0.15) is 0 Å². The van der Waals surface area contributed by atoms with Crippen molar-refractivity contribution in [1.82, 2.24) is 4.90 Å². The standard InChI is InChI=1S/C25H30ClF3N2OS/c1-14(13-31(3)4)9-16-6-5-15(2)24(16)33-22-10-17(7-8-19(22)26)25(32)30-18-11-20(27)23(29)21(28)12-18/h7-8,10-12,14-16,24H,5-6,9,13H2,1-4H3,(H,30,32). The third-order valence-corrected chi connectivity index (χ3v) is 8.25. The van der Waals surface area contributed by atoms with Crippen molar-refractivity contribution in [2.75, 3.05) is 26.0 Å². The first kappa shape index (κ1) is 25.9. The van der Waals surface area contributed by atoms with E-state index in [9.17, 15) is 18.0 Å². The molecule has 180 valence electrons. The average molecular weight is 499 g/mol. The number of anilines is 1. The molecule has 1 aliphatic rings. The van der Waals surface area contributed by atoms with E-state index >= 15 is 0 Å². The number of carbonyl (C=O) groups is 1. The summed E-state index contributed by atoms with van der Waals surface area (Å²) < 4.78 is 40.1. The lowest BCUT2D eigenvalue weighted by atomic mass is 9.93. The average Bonchev–Trinajstić information content (AvgIpc) is 3.06. The molecule has 0 aromatic heterocycles. The lowest BCUT2D eigenvalue weighted by Crippen LogP contribution is -2.24. The fourth-order valence-electron chi connectivity index (χ4n) is 4.66. The van der Waals surface area contributed by atoms with Crippen LogP contribution in [0.4, 0.5) is 18.9 Å². The number of halogens is 4. The summed E-state index contributed by atoms with van der Waals surface area (Å²) in [5.41, 5.74) is 0.162. The quantitative estimate of drug-likeness (QED) is 0.394. The number of hydrogen-bond acceptors (Lipinski definition) is 3. The van der Waals surface area contributed by atoms with Gasteiger partial charge in [0.2, 0.25) is 0 Å². The van der Waals surface area contributed by atoms with Crippen LogP contribution in [0.5, 0.6) is 0 Å². The molecule has 3 nitrogen and oxygen atoms in total. The van der Waals surface area contributed by atoms with E-state index in [-0.39, 0.29) is 5.69 Å². The number of amides is 1. The highest BCUT2D eigenvalue weighted by Gasteiger charge is 2.35. The lowest BCUT2D eigenvalue weighted by Gasteiger charge is -2.26. The molecule has 1 fully saturated rings. The largest absolute Gasteiger partial charge is 0.322 e. The van der Waals surface area contributed by atoms with Crippen LogP contribution in [-0.4, -0.2) is 36.7 Å². The van der Waals surface area contributed by atoms with Crippen molar-refractivity contribution < 1.29 is 18.0 Å². The predicted octanol–water partition coefficient (Wildman–Crippen LogP) is 7.10. The first-order valence-electron chi connectivity index (χ1n) is 11.1. The smallest absolute Gasteiger partial charge is 0.255 e. The monoisotopic (exact) mass is 498 g/mol. The first-order chi connectivity index (χ1) is 15.5. The molecule has 0 spiro atoms. The number of rotatable bonds is 8. The zero-order valence-corrected chi connectivity index (χ0v) is 20.9. The van der Waals surface area contributed by atoms with Crippen LogP contribution >= 0.6 is 23.4 Å². The number of thioether (sulfide) groups is 1. The molecule has 3 rings (SSSR count). The maximum absolute atomic E-state index is 13.5. The number of benzene rings is 2. The van der Waals surface area contributed by atoms with Crippen LogP contribution in [0, 0.1) is 35.2 Å². The minimum atomic E-state index is -1.57. The van der Waals surface area contributed by atoms with Gasteiger partial charge < -0.3 is 10.2 Å². The van der Waals surface area contributed by atoms with Crippen LogP contribution in [0.2, 0.25) is 5.02 Å². The molecule has 4 atom stereocenters. The van der Waals surface area contributed by atoms with Gasteiger partial charge in [0.1, 0.15) is 0 Å². The van der Waals surface area contributed by atoms with Gasteiger partial charge in [0.25, 0.3) is 5.91 Å². The Balaban J connectivity index is 1.74. The topological polar surface area (TPSA) is 32.3 Å². The van der Waals surface area contributed by atoms with Crippen molar-refractivity contribution in [3.8, 4) is 0 Å². The second kappa shape index (κ2) is 11.2. The Morgan fingerprint density at radius 3 is 2.48 bits per heavy atom.